The average molecular weight is 263 g/mol. The van der Waals surface area contributed by atoms with Gasteiger partial charge in [0, 0.05) is 45.2 Å². The zero-order valence-corrected chi connectivity index (χ0v) is 11.8. The summed E-state index contributed by atoms with van der Waals surface area (Å²) in [5.41, 5.74) is 1.24. The fraction of sp³-hybridized carbons (Fsp3) is 0.667. The van der Waals surface area contributed by atoms with Gasteiger partial charge in [-0.3, -0.25) is 9.88 Å². The Morgan fingerprint density at radius 1 is 1.53 bits per heavy atom. The van der Waals surface area contributed by atoms with E-state index in [0.717, 1.165) is 39.3 Å². The van der Waals surface area contributed by atoms with E-state index in [9.17, 15) is 0 Å². The van der Waals surface area contributed by atoms with Gasteiger partial charge in [0.25, 0.3) is 0 Å². The molecule has 4 nitrogen and oxygen atoms in total. The first kappa shape index (κ1) is 14.4. The molecule has 4 heteroatoms. The maximum absolute atomic E-state index is 5.69. The Bertz CT molecular complexity index is 339. The van der Waals surface area contributed by atoms with Gasteiger partial charge in [-0.15, -0.1) is 0 Å². The lowest BCUT2D eigenvalue weighted by Crippen LogP contribution is -2.37. The number of rotatable bonds is 8. The molecule has 0 radical (unpaired) electrons. The molecule has 0 saturated carbocycles. The van der Waals surface area contributed by atoms with Crippen molar-refractivity contribution in [1.29, 1.82) is 0 Å². The van der Waals surface area contributed by atoms with Crippen molar-refractivity contribution in [3.05, 3.63) is 30.1 Å². The summed E-state index contributed by atoms with van der Waals surface area (Å²) in [6.45, 7) is 8.31. The van der Waals surface area contributed by atoms with E-state index in [-0.39, 0.29) is 0 Å². The maximum atomic E-state index is 5.69. The van der Waals surface area contributed by atoms with Crippen molar-refractivity contribution >= 4 is 0 Å². The summed E-state index contributed by atoms with van der Waals surface area (Å²) in [6, 6.07) is 4.08. The van der Waals surface area contributed by atoms with E-state index in [1.165, 1.54) is 18.4 Å². The molecule has 0 aromatic carbocycles. The van der Waals surface area contributed by atoms with Crippen LogP contribution in [0.3, 0.4) is 0 Å². The summed E-state index contributed by atoms with van der Waals surface area (Å²) in [7, 11) is 0. The van der Waals surface area contributed by atoms with Crippen molar-refractivity contribution < 1.29 is 4.74 Å². The molecule has 1 aliphatic heterocycles. The van der Waals surface area contributed by atoms with Crippen molar-refractivity contribution in [2.24, 2.45) is 0 Å². The van der Waals surface area contributed by atoms with Crippen LogP contribution in [0.25, 0.3) is 0 Å². The molecule has 0 spiro atoms. The number of ether oxygens (including phenoxy) is 1. The molecule has 1 aromatic rings. The van der Waals surface area contributed by atoms with Crippen LogP contribution in [0.15, 0.2) is 24.5 Å². The molecule has 1 N–H and O–H groups in total. The molecular weight excluding hydrogens is 238 g/mol. The standard InChI is InChI=1S/C15H25N3O/c1-2-18(13-15-6-4-10-19-15)9-8-17-12-14-5-3-7-16-11-14/h3,5,7,11,15,17H,2,4,6,8-10,12-13H2,1H3. The van der Waals surface area contributed by atoms with Gasteiger partial charge in [0.05, 0.1) is 6.10 Å². The zero-order valence-electron chi connectivity index (χ0n) is 11.8. The first-order chi connectivity index (χ1) is 9.38. The van der Waals surface area contributed by atoms with Crippen LogP contribution in [0, 0.1) is 0 Å². The second-order valence-corrected chi connectivity index (χ2v) is 5.07. The van der Waals surface area contributed by atoms with Crippen LogP contribution < -0.4 is 5.32 Å². The SMILES string of the molecule is CCN(CCNCc1cccnc1)CC1CCCO1. The van der Waals surface area contributed by atoms with Crippen LogP contribution in [-0.4, -0.2) is 48.8 Å². The largest absolute Gasteiger partial charge is 0.377 e. The molecule has 0 aliphatic carbocycles. The maximum Gasteiger partial charge on any atom is 0.0702 e. The lowest BCUT2D eigenvalue weighted by molar-refractivity contribution is 0.0751. The summed E-state index contributed by atoms with van der Waals surface area (Å²) >= 11 is 0. The highest BCUT2D eigenvalue weighted by Gasteiger charge is 2.17. The number of hydrogen-bond acceptors (Lipinski definition) is 4. The molecule has 2 heterocycles. The summed E-state index contributed by atoms with van der Waals surface area (Å²) < 4.78 is 5.69. The third-order valence-electron chi connectivity index (χ3n) is 3.59. The lowest BCUT2D eigenvalue weighted by atomic mass is 10.2. The zero-order chi connectivity index (χ0) is 13.3. The van der Waals surface area contributed by atoms with Gasteiger partial charge in [-0.05, 0) is 31.0 Å². The highest BCUT2D eigenvalue weighted by Crippen LogP contribution is 2.12. The molecule has 106 valence electrons. The number of nitrogens with zero attached hydrogens (tertiary/aromatic N) is 2. The molecule has 1 unspecified atom stereocenters. The Balaban J connectivity index is 1.60. The van der Waals surface area contributed by atoms with E-state index >= 15 is 0 Å². The minimum Gasteiger partial charge on any atom is -0.377 e. The molecule has 0 amide bonds. The van der Waals surface area contributed by atoms with Crippen LogP contribution in [0.1, 0.15) is 25.3 Å². The van der Waals surface area contributed by atoms with Crippen LogP contribution in [-0.2, 0) is 11.3 Å². The van der Waals surface area contributed by atoms with E-state index < -0.39 is 0 Å². The van der Waals surface area contributed by atoms with Gasteiger partial charge in [-0.25, -0.2) is 0 Å². The molecule has 1 saturated heterocycles. The Hall–Kier alpha value is -0.970. The first-order valence-electron chi connectivity index (χ1n) is 7.32. The highest BCUT2D eigenvalue weighted by atomic mass is 16.5. The number of aromatic nitrogens is 1. The predicted molar refractivity (Wildman–Crippen MR) is 77.0 cm³/mol. The summed E-state index contributed by atoms with van der Waals surface area (Å²) in [4.78, 5) is 6.58. The monoisotopic (exact) mass is 263 g/mol. The fourth-order valence-electron chi connectivity index (χ4n) is 2.43. The molecule has 1 aromatic heterocycles. The smallest absolute Gasteiger partial charge is 0.0702 e. The summed E-state index contributed by atoms with van der Waals surface area (Å²) in [6.07, 6.45) is 6.63. The topological polar surface area (TPSA) is 37.4 Å². The van der Waals surface area contributed by atoms with Crippen LogP contribution in [0.2, 0.25) is 0 Å². The van der Waals surface area contributed by atoms with Gasteiger partial charge in [0.1, 0.15) is 0 Å². The Kier molecular flexibility index (Phi) is 6.27. The number of hydrogen-bond donors (Lipinski definition) is 1. The lowest BCUT2D eigenvalue weighted by Gasteiger charge is -2.23. The number of nitrogens with one attached hydrogen (secondary N) is 1. The third-order valence-corrected chi connectivity index (χ3v) is 3.59. The van der Waals surface area contributed by atoms with Crippen molar-refractivity contribution in [2.75, 3.05) is 32.8 Å². The predicted octanol–water partition coefficient (Wildman–Crippen LogP) is 1.67. The Labute approximate surface area is 116 Å². The minimum atomic E-state index is 0.457. The van der Waals surface area contributed by atoms with Crippen molar-refractivity contribution in [3.8, 4) is 0 Å². The van der Waals surface area contributed by atoms with Gasteiger partial charge in [-0.2, -0.15) is 0 Å². The molecule has 1 atom stereocenters. The molecule has 2 rings (SSSR count). The summed E-state index contributed by atoms with van der Waals surface area (Å²) in [5.74, 6) is 0. The van der Waals surface area contributed by atoms with Crippen LogP contribution in [0.4, 0.5) is 0 Å². The van der Waals surface area contributed by atoms with Crippen molar-refractivity contribution in [3.63, 3.8) is 0 Å². The van der Waals surface area contributed by atoms with E-state index in [1.807, 2.05) is 18.5 Å². The molecular formula is C15H25N3O. The average Bonchev–Trinajstić information content (AvgIpc) is 2.96. The minimum absolute atomic E-state index is 0.457. The van der Waals surface area contributed by atoms with Gasteiger partial charge in [0.2, 0.25) is 0 Å². The number of likely N-dealkylation sites (N-methyl/N-ethyl adjacent to an activating group) is 1. The van der Waals surface area contributed by atoms with Crippen molar-refractivity contribution in [2.45, 2.75) is 32.4 Å². The van der Waals surface area contributed by atoms with E-state index in [0.29, 0.717) is 6.10 Å². The van der Waals surface area contributed by atoms with Crippen LogP contribution >= 0.6 is 0 Å². The fourth-order valence-corrected chi connectivity index (χ4v) is 2.43. The van der Waals surface area contributed by atoms with Gasteiger partial charge < -0.3 is 10.1 Å². The Morgan fingerprint density at radius 3 is 3.16 bits per heavy atom. The highest BCUT2D eigenvalue weighted by molar-refractivity contribution is 5.07. The van der Waals surface area contributed by atoms with Crippen LogP contribution in [0.5, 0.6) is 0 Å². The molecule has 19 heavy (non-hydrogen) atoms. The van der Waals surface area contributed by atoms with Gasteiger partial charge in [0.15, 0.2) is 0 Å². The van der Waals surface area contributed by atoms with Gasteiger partial charge in [-0.1, -0.05) is 13.0 Å². The van der Waals surface area contributed by atoms with E-state index in [1.54, 1.807) is 0 Å². The quantitative estimate of drug-likeness (QED) is 0.724. The second-order valence-electron chi connectivity index (χ2n) is 5.07. The molecule has 1 aliphatic rings. The summed E-state index contributed by atoms with van der Waals surface area (Å²) in [5, 5.41) is 3.47. The third kappa shape index (κ3) is 5.27. The normalized spacial score (nSPS) is 19.2. The van der Waals surface area contributed by atoms with E-state index in [4.69, 9.17) is 4.74 Å². The van der Waals surface area contributed by atoms with Crippen molar-refractivity contribution in [1.82, 2.24) is 15.2 Å². The number of pyridine rings is 1. The van der Waals surface area contributed by atoms with E-state index in [2.05, 4.69) is 28.2 Å². The Morgan fingerprint density at radius 2 is 2.47 bits per heavy atom. The first-order valence-corrected chi connectivity index (χ1v) is 7.32. The second kappa shape index (κ2) is 8.25. The molecule has 1 fully saturated rings. The molecule has 0 bridgehead atoms. The van der Waals surface area contributed by atoms with Gasteiger partial charge >= 0.3 is 0 Å².